The summed E-state index contributed by atoms with van der Waals surface area (Å²) in [7, 11) is 0. The first-order chi connectivity index (χ1) is 10.0. The zero-order chi connectivity index (χ0) is 15.4. The van der Waals surface area contributed by atoms with Gasteiger partial charge in [0.25, 0.3) is 0 Å². The molecule has 0 radical (unpaired) electrons. The number of nitrogens with one attached hydrogen (secondary N) is 1. The van der Waals surface area contributed by atoms with Gasteiger partial charge in [-0.25, -0.2) is 0 Å². The average Bonchev–Trinajstić information content (AvgIpc) is 2.45. The molecule has 0 spiro atoms. The maximum absolute atomic E-state index is 7.70. The van der Waals surface area contributed by atoms with Crippen LogP contribution in [0.25, 0.3) is 0 Å². The molecule has 0 amide bonds. The number of aromatic nitrogens is 2. The van der Waals surface area contributed by atoms with Gasteiger partial charge in [-0.2, -0.15) is 5.10 Å². The number of nitrogen functional groups attached to an aromatic ring is 1. The summed E-state index contributed by atoms with van der Waals surface area (Å²) in [6.45, 7) is 5.84. The Kier molecular flexibility index (Phi) is 4.52. The molecular weight excluding hydrogens is 264 g/mol. The van der Waals surface area contributed by atoms with E-state index in [9.17, 15) is 0 Å². The van der Waals surface area contributed by atoms with E-state index in [1.54, 1.807) is 0 Å². The fourth-order valence-corrected chi connectivity index (χ4v) is 2.10. The van der Waals surface area contributed by atoms with Gasteiger partial charge in [-0.1, -0.05) is 25.5 Å². The minimum absolute atomic E-state index is 0.0666. The van der Waals surface area contributed by atoms with Gasteiger partial charge in [0.1, 0.15) is 11.6 Å². The van der Waals surface area contributed by atoms with Crippen LogP contribution >= 0.6 is 0 Å². The van der Waals surface area contributed by atoms with Crippen LogP contribution < -0.4 is 10.5 Å². The minimum atomic E-state index is -0.0666. The predicted octanol–water partition coefficient (Wildman–Crippen LogP) is 3.12. The summed E-state index contributed by atoms with van der Waals surface area (Å²) in [5.74, 6) is 0.867. The third-order valence-corrected chi connectivity index (χ3v) is 3.37. The molecule has 0 saturated heterocycles. The first-order valence-electron chi connectivity index (χ1n) is 6.98. The Morgan fingerprint density at radius 2 is 1.86 bits per heavy atom. The SMILES string of the molecule is CCCc1ccc(Oc2nnc(C)c(C)c2C(=N)N)cc1. The maximum Gasteiger partial charge on any atom is 0.250 e. The molecule has 1 aromatic carbocycles. The van der Waals surface area contributed by atoms with Crippen LogP contribution in [0, 0.1) is 19.3 Å². The van der Waals surface area contributed by atoms with Crippen molar-refractivity contribution in [1.29, 1.82) is 5.41 Å². The second-order valence-corrected chi connectivity index (χ2v) is 5.00. The number of amidine groups is 1. The molecule has 21 heavy (non-hydrogen) atoms. The highest BCUT2D eigenvalue weighted by Crippen LogP contribution is 2.26. The molecule has 0 aliphatic rings. The van der Waals surface area contributed by atoms with Crippen molar-refractivity contribution in [1.82, 2.24) is 10.2 Å². The van der Waals surface area contributed by atoms with E-state index >= 15 is 0 Å². The van der Waals surface area contributed by atoms with Crippen LogP contribution in [0.2, 0.25) is 0 Å². The Labute approximate surface area is 124 Å². The van der Waals surface area contributed by atoms with Gasteiger partial charge in [0, 0.05) is 0 Å². The van der Waals surface area contributed by atoms with Crippen LogP contribution in [0.1, 0.15) is 35.7 Å². The van der Waals surface area contributed by atoms with E-state index in [1.807, 2.05) is 38.1 Å². The average molecular weight is 284 g/mol. The Balaban J connectivity index is 2.31. The molecule has 2 aromatic rings. The van der Waals surface area contributed by atoms with Crippen molar-refractivity contribution in [2.75, 3.05) is 0 Å². The van der Waals surface area contributed by atoms with E-state index in [0.29, 0.717) is 11.3 Å². The number of nitrogens with two attached hydrogens (primary N) is 1. The van der Waals surface area contributed by atoms with E-state index in [-0.39, 0.29) is 11.7 Å². The van der Waals surface area contributed by atoms with E-state index in [4.69, 9.17) is 15.9 Å². The first kappa shape index (κ1) is 15.0. The number of hydrogen-bond acceptors (Lipinski definition) is 4. The zero-order valence-corrected chi connectivity index (χ0v) is 12.6. The number of hydrogen-bond donors (Lipinski definition) is 2. The highest BCUT2D eigenvalue weighted by molar-refractivity contribution is 5.98. The topological polar surface area (TPSA) is 84.9 Å². The van der Waals surface area contributed by atoms with Gasteiger partial charge in [-0.15, -0.1) is 5.10 Å². The Morgan fingerprint density at radius 3 is 2.43 bits per heavy atom. The third-order valence-electron chi connectivity index (χ3n) is 3.37. The molecule has 5 nitrogen and oxygen atoms in total. The molecule has 0 bridgehead atoms. The van der Waals surface area contributed by atoms with E-state index in [2.05, 4.69) is 17.1 Å². The summed E-state index contributed by atoms with van der Waals surface area (Å²) in [4.78, 5) is 0. The van der Waals surface area contributed by atoms with Crippen LogP contribution in [0.5, 0.6) is 11.6 Å². The van der Waals surface area contributed by atoms with Crippen molar-refractivity contribution < 1.29 is 4.74 Å². The molecule has 0 unspecified atom stereocenters. The molecule has 1 aromatic heterocycles. The standard InChI is InChI=1S/C16H20N4O/c1-4-5-12-6-8-13(9-7-12)21-16-14(15(17)18)10(2)11(3)19-20-16/h6-9H,4-5H2,1-3H3,(H3,17,18). The van der Waals surface area contributed by atoms with Crippen molar-refractivity contribution in [2.24, 2.45) is 5.73 Å². The number of ether oxygens (including phenoxy) is 1. The predicted molar refractivity (Wildman–Crippen MR) is 83.0 cm³/mol. The minimum Gasteiger partial charge on any atom is -0.437 e. The first-order valence-corrected chi connectivity index (χ1v) is 6.98. The van der Waals surface area contributed by atoms with Crippen molar-refractivity contribution in [3.05, 3.63) is 46.6 Å². The Morgan fingerprint density at radius 1 is 1.19 bits per heavy atom. The molecule has 1 heterocycles. The summed E-state index contributed by atoms with van der Waals surface area (Å²) in [5.41, 5.74) is 8.96. The largest absolute Gasteiger partial charge is 0.437 e. The summed E-state index contributed by atoms with van der Waals surface area (Å²) in [5, 5.41) is 15.8. The Hall–Kier alpha value is -2.43. The summed E-state index contributed by atoms with van der Waals surface area (Å²) in [6.07, 6.45) is 2.15. The van der Waals surface area contributed by atoms with Gasteiger partial charge < -0.3 is 10.5 Å². The van der Waals surface area contributed by atoms with Crippen LogP contribution in [-0.4, -0.2) is 16.0 Å². The van der Waals surface area contributed by atoms with Gasteiger partial charge in [0.2, 0.25) is 5.88 Å². The molecule has 0 aliphatic heterocycles. The third kappa shape index (κ3) is 3.37. The van der Waals surface area contributed by atoms with Crippen LogP contribution in [0.4, 0.5) is 0 Å². The molecule has 3 N–H and O–H groups in total. The Bertz CT molecular complexity index is 650. The molecule has 0 saturated carbocycles. The number of aryl methyl sites for hydroxylation is 2. The lowest BCUT2D eigenvalue weighted by Crippen LogP contribution is -2.16. The molecule has 0 atom stereocenters. The highest BCUT2D eigenvalue weighted by atomic mass is 16.5. The van der Waals surface area contributed by atoms with E-state index < -0.39 is 0 Å². The molecule has 5 heteroatoms. The molecule has 0 fully saturated rings. The molecule has 2 rings (SSSR count). The van der Waals surface area contributed by atoms with Crippen LogP contribution in [0.15, 0.2) is 24.3 Å². The number of nitrogens with zero attached hydrogens (tertiary/aromatic N) is 2. The fourth-order valence-electron chi connectivity index (χ4n) is 2.10. The van der Waals surface area contributed by atoms with Crippen LogP contribution in [0.3, 0.4) is 0 Å². The zero-order valence-electron chi connectivity index (χ0n) is 12.6. The monoisotopic (exact) mass is 284 g/mol. The van der Waals surface area contributed by atoms with Crippen molar-refractivity contribution in [2.45, 2.75) is 33.6 Å². The lowest BCUT2D eigenvalue weighted by Gasteiger charge is -2.12. The summed E-state index contributed by atoms with van der Waals surface area (Å²) in [6, 6.07) is 7.85. The smallest absolute Gasteiger partial charge is 0.250 e. The van der Waals surface area contributed by atoms with E-state index in [0.717, 1.165) is 24.1 Å². The highest BCUT2D eigenvalue weighted by Gasteiger charge is 2.15. The fraction of sp³-hybridized carbons (Fsp3) is 0.312. The normalized spacial score (nSPS) is 10.4. The number of benzene rings is 1. The van der Waals surface area contributed by atoms with Gasteiger partial charge in [0.05, 0.1) is 11.3 Å². The second-order valence-electron chi connectivity index (χ2n) is 5.00. The van der Waals surface area contributed by atoms with Gasteiger partial charge in [-0.05, 0) is 43.5 Å². The number of rotatable bonds is 5. The maximum atomic E-state index is 7.70. The van der Waals surface area contributed by atoms with Gasteiger partial charge in [-0.3, -0.25) is 5.41 Å². The van der Waals surface area contributed by atoms with Crippen molar-refractivity contribution >= 4 is 5.84 Å². The van der Waals surface area contributed by atoms with Gasteiger partial charge >= 0.3 is 0 Å². The van der Waals surface area contributed by atoms with Crippen LogP contribution in [-0.2, 0) is 6.42 Å². The summed E-state index contributed by atoms with van der Waals surface area (Å²) >= 11 is 0. The van der Waals surface area contributed by atoms with E-state index in [1.165, 1.54) is 5.56 Å². The molecular formula is C16H20N4O. The summed E-state index contributed by atoms with van der Waals surface area (Å²) < 4.78 is 5.75. The molecule has 110 valence electrons. The molecule has 0 aliphatic carbocycles. The lowest BCUT2D eigenvalue weighted by molar-refractivity contribution is 0.452. The quantitative estimate of drug-likeness (QED) is 0.652. The van der Waals surface area contributed by atoms with Gasteiger partial charge in [0.15, 0.2) is 0 Å². The van der Waals surface area contributed by atoms with Crippen molar-refractivity contribution in [3.63, 3.8) is 0 Å². The lowest BCUT2D eigenvalue weighted by atomic mass is 10.1. The van der Waals surface area contributed by atoms with Crippen molar-refractivity contribution in [3.8, 4) is 11.6 Å². The second kappa shape index (κ2) is 6.35.